The Balaban J connectivity index is 1.80. The highest BCUT2D eigenvalue weighted by Crippen LogP contribution is 2.67. The van der Waals surface area contributed by atoms with Gasteiger partial charge in [0, 0.05) is 42.1 Å². The highest BCUT2D eigenvalue weighted by molar-refractivity contribution is 14.1. The average Bonchev–Trinajstić information content (AvgIpc) is 3.13. The molecule has 2 heterocycles. The van der Waals surface area contributed by atoms with Gasteiger partial charge < -0.3 is 25.4 Å². The van der Waals surface area contributed by atoms with Gasteiger partial charge in [-0.25, -0.2) is 15.0 Å². The van der Waals surface area contributed by atoms with Crippen LogP contribution in [0.4, 0.5) is 5.82 Å². The number of aliphatic hydroxyl groups excluding tert-OH is 2. The van der Waals surface area contributed by atoms with Gasteiger partial charge in [-0.3, -0.25) is 4.79 Å². The number of halogens is 1. The molecule has 2 fully saturated rings. The fourth-order valence-corrected chi connectivity index (χ4v) is 4.66. The maximum Gasteiger partial charge on any atom is 0.229 e. The normalized spacial score (nSPS) is 33.3. The first-order valence-electron chi connectivity index (χ1n) is 8.18. The molecule has 0 aromatic carbocycles. The number of carbonyl (C=O) groups excluding carboxylic acids is 1. The molecule has 2 aromatic heterocycles. The minimum atomic E-state index is -1.10. The zero-order chi connectivity index (χ0) is 17.9. The van der Waals surface area contributed by atoms with Gasteiger partial charge in [0.2, 0.25) is 5.91 Å². The largest absolute Gasteiger partial charge is 0.389 e. The van der Waals surface area contributed by atoms with Crippen molar-refractivity contribution in [2.45, 2.75) is 31.6 Å². The van der Waals surface area contributed by atoms with Crippen LogP contribution in [-0.2, 0) is 4.79 Å². The van der Waals surface area contributed by atoms with E-state index in [-0.39, 0.29) is 11.8 Å². The molecule has 2 aromatic rings. The molecule has 5 atom stereocenters. The van der Waals surface area contributed by atoms with Gasteiger partial charge in [-0.2, -0.15) is 0 Å². The molecule has 2 aliphatic rings. The van der Waals surface area contributed by atoms with Crippen LogP contribution in [0.15, 0.2) is 6.33 Å². The van der Waals surface area contributed by atoms with E-state index in [9.17, 15) is 15.0 Å². The molecule has 2 aliphatic carbocycles. The second kappa shape index (κ2) is 5.74. The topological polar surface area (TPSA) is 125 Å². The fraction of sp³-hybridized carbons (Fsp3) is 0.600. The van der Waals surface area contributed by atoms with E-state index in [0.29, 0.717) is 33.8 Å². The highest BCUT2D eigenvalue weighted by atomic mass is 127. The Kier molecular flexibility index (Phi) is 3.88. The Morgan fingerprint density at radius 2 is 2.24 bits per heavy atom. The summed E-state index contributed by atoms with van der Waals surface area (Å²) in [4.78, 5) is 25.5. The van der Waals surface area contributed by atoms with Crippen molar-refractivity contribution in [2.24, 2.45) is 11.3 Å². The van der Waals surface area contributed by atoms with Gasteiger partial charge in [-0.1, -0.05) is 0 Å². The van der Waals surface area contributed by atoms with Crippen molar-refractivity contribution in [1.29, 1.82) is 0 Å². The summed E-state index contributed by atoms with van der Waals surface area (Å²) < 4.78 is 2.33. The SMILES string of the molecule is CCNc1nc(I)nc2c1ncn2[C@@H]1C2C[C@]2(C(=O)NC)C(O)[C@H]1O. The van der Waals surface area contributed by atoms with Crippen molar-refractivity contribution in [3.05, 3.63) is 10.2 Å². The predicted molar refractivity (Wildman–Crippen MR) is 97.9 cm³/mol. The number of aromatic nitrogens is 4. The van der Waals surface area contributed by atoms with Gasteiger partial charge >= 0.3 is 0 Å². The van der Waals surface area contributed by atoms with Crippen LogP contribution in [0.3, 0.4) is 0 Å². The van der Waals surface area contributed by atoms with Crippen molar-refractivity contribution in [3.8, 4) is 0 Å². The quantitative estimate of drug-likeness (QED) is 0.372. The lowest BCUT2D eigenvalue weighted by atomic mass is 9.98. The Morgan fingerprint density at radius 1 is 1.48 bits per heavy atom. The van der Waals surface area contributed by atoms with Crippen molar-refractivity contribution < 1.29 is 15.0 Å². The summed E-state index contributed by atoms with van der Waals surface area (Å²) in [6.45, 7) is 2.67. The molecule has 4 N–H and O–H groups in total. The van der Waals surface area contributed by atoms with E-state index in [1.807, 2.05) is 29.5 Å². The molecule has 2 saturated carbocycles. The maximum absolute atomic E-state index is 12.3. The molecular formula is C15H19IN6O3. The Morgan fingerprint density at radius 3 is 2.92 bits per heavy atom. The Labute approximate surface area is 157 Å². The van der Waals surface area contributed by atoms with E-state index in [1.54, 1.807) is 17.9 Å². The second-order valence-electron chi connectivity index (χ2n) is 6.55. The number of rotatable bonds is 4. The minimum Gasteiger partial charge on any atom is -0.389 e. The van der Waals surface area contributed by atoms with Crippen molar-refractivity contribution in [1.82, 2.24) is 24.8 Å². The first-order chi connectivity index (χ1) is 12.0. The number of aliphatic hydroxyl groups is 2. The highest BCUT2D eigenvalue weighted by Gasteiger charge is 2.75. The number of imidazole rings is 1. The van der Waals surface area contributed by atoms with E-state index < -0.39 is 23.7 Å². The van der Waals surface area contributed by atoms with E-state index in [0.717, 1.165) is 0 Å². The number of nitrogens with one attached hydrogen (secondary N) is 2. The Hall–Kier alpha value is -1.53. The van der Waals surface area contributed by atoms with Gasteiger partial charge in [0.25, 0.3) is 0 Å². The van der Waals surface area contributed by atoms with Crippen molar-refractivity contribution >= 4 is 45.5 Å². The van der Waals surface area contributed by atoms with Crippen LogP contribution >= 0.6 is 22.6 Å². The van der Waals surface area contributed by atoms with E-state index in [2.05, 4.69) is 25.6 Å². The van der Waals surface area contributed by atoms with Crippen molar-refractivity contribution in [2.75, 3.05) is 18.9 Å². The third-order valence-electron chi connectivity index (χ3n) is 5.38. The number of fused-ring (bicyclic) bond motifs is 2. The number of amides is 1. The molecule has 0 bridgehead atoms. The lowest BCUT2D eigenvalue weighted by molar-refractivity contribution is -0.132. The standard InChI is InChI=1S/C15H19IN6O3/c1-3-18-11-7-12(21-14(16)20-11)22(5-19-7)8-6-4-15(6,13(25)17-2)10(24)9(8)23/h5-6,8-10,23-24H,3-4H2,1-2H3,(H,17,25)(H,18,20,21)/t6?,8-,9+,10?,15-/m1/s1. The molecule has 2 unspecified atom stereocenters. The van der Waals surface area contributed by atoms with E-state index in [1.165, 1.54) is 0 Å². The average molecular weight is 458 g/mol. The number of anilines is 1. The van der Waals surface area contributed by atoms with Crippen LogP contribution in [-0.4, -0.2) is 61.4 Å². The lowest BCUT2D eigenvalue weighted by Crippen LogP contribution is -2.41. The summed E-state index contributed by atoms with van der Waals surface area (Å²) in [5, 5.41) is 26.9. The fourth-order valence-electron chi connectivity index (χ4n) is 4.19. The van der Waals surface area contributed by atoms with Gasteiger partial charge in [0.15, 0.2) is 20.8 Å². The summed E-state index contributed by atoms with van der Waals surface area (Å²) in [6, 6.07) is -0.447. The molecule has 0 radical (unpaired) electrons. The minimum absolute atomic E-state index is 0.148. The molecule has 0 spiro atoms. The third kappa shape index (κ3) is 2.20. The molecule has 4 rings (SSSR count). The summed E-state index contributed by atoms with van der Waals surface area (Å²) in [5.41, 5.74) is 0.286. The molecule has 25 heavy (non-hydrogen) atoms. The smallest absolute Gasteiger partial charge is 0.229 e. The van der Waals surface area contributed by atoms with Gasteiger partial charge in [0.1, 0.15) is 6.10 Å². The zero-order valence-corrected chi connectivity index (χ0v) is 15.9. The molecule has 1 amide bonds. The van der Waals surface area contributed by atoms with Gasteiger partial charge in [0.05, 0.1) is 23.9 Å². The second-order valence-corrected chi connectivity index (χ2v) is 7.52. The lowest BCUT2D eigenvalue weighted by Gasteiger charge is -2.23. The summed E-state index contributed by atoms with van der Waals surface area (Å²) in [5.74, 6) is 0.260. The molecule has 0 saturated heterocycles. The zero-order valence-electron chi connectivity index (χ0n) is 13.8. The maximum atomic E-state index is 12.3. The molecule has 9 nitrogen and oxygen atoms in total. The predicted octanol–water partition coefficient (Wildman–Crippen LogP) is -0.109. The summed E-state index contributed by atoms with van der Waals surface area (Å²) in [6.07, 6.45) is -0.00946. The molecule has 134 valence electrons. The van der Waals surface area contributed by atoms with Gasteiger partial charge in [-0.05, 0) is 13.3 Å². The number of hydrogen-bond acceptors (Lipinski definition) is 7. The van der Waals surface area contributed by atoms with Crippen LogP contribution in [0.5, 0.6) is 0 Å². The number of hydrogen-bond donors (Lipinski definition) is 4. The van der Waals surface area contributed by atoms with Crippen LogP contribution < -0.4 is 10.6 Å². The van der Waals surface area contributed by atoms with Crippen LogP contribution in [0, 0.1) is 15.2 Å². The molecular weight excluding hydrogens is 439 g/mol. The van der Waals surface area contributed by atoms with Crippen LogP contribution in [0.1, 0.15) is 19.4 Å². The number of carbonyl (C=O) groups is 1. The first-order valence-corrected chi connectivity index (χ1v) is 9.25. The Bertz CT molecular complexity index is 857. The van der Waals surface area contributed by atoms with Crippen LogP contribution in [0.2, 0.25) is 0 Å². The van der Waals surface area contributed by atoms with E-state index in [4.69, 9.17) is 0 Å². The van der Waals surface area contributed by atoms with Crippen molar-refractivity contribution in [3.63, 3.8) is 0 Å². The molecule has 10 heteroatoms. The first kappa shape index (κ1) is 16.9. The summed E-state index contributed by atoms with van der Waals surface area (Å²) >= 11 is 2.04. The number of nitrogens with zero attached hydrogens (tertiary/aromatic N) is 4. The van der Waals surface area contributed by atoms with E-state index >= 15 is 0 Å². The molecule has 0 aliphatic heterocycles. The monoisotopic (exact) mass is 458 g/mol. The third-order valence-corrected chi connectivity index (χ3v) is 5.86. The van der Waals surface area contributed by atoms with Gasteiger partial charge in [-0.15, -0.1) is 0 Å². The van der Waals surface area contributed by atoms with Crippen LogP contribution in [0.25, 0.3) is 11.2 Å². The summed E-state index contributed by atoms with van der Waals surface area (Å²) in [7, 11) is 1.55.